The normalized spacial score (nSPS) is 29.7. The van der Waals surface area contributed by atoms with E-state index in [1.807, 2.05) is 25.4 Å². The molecule has 1 saturated heterocycles. The van der Waals surface area contributed by atoms with Gasteiger partial charge >= 0.3 is 0 Å². The molecule has 126 valence electrons. The Morgan fingerprint density at radius 1 is 1.42 bits per heavy atom. The van der Waals surface area contributed by atoms with E-state index >= 15 is 0 Å². The SMILES string of the molecule is C[C@H]1C[C@@]2(C[C@@H](c3cn(C)nn3)N1)OCC(=O)c1cc(Cl)ccc12. The van der Waals surface area contributed by atoms with E-state index in [1.54, 1.807) is 10.7 Å². The number of benzene rings is 1. The lowest BCUT2D eigenvalue weighted by molar-refractivity contribution is -0.0872. The zero-order valence-electron chi connectivity index (χ0n) is 13.6. The van der Waals surface area contributed by atoms with Crippen molar-refractivity contribution in [3.05, 3.63) is 46.2 Å². The van der Waals surface area contributed by atoms with Gasteiger partial charge in [-0.25, -0.2) is 0 Å². The molecule has 1 aromatic heterocycles. The first-order valence-corrected chi connectivity index (χ1v) is 8.44. The Hall–Kier alpha value is -1.76. The molecule has 1 spiro atoms. The second kappa shape index (κ2) is 5.65. The topological polar surface area (TPSA) is 69.0 Å². The number of hydrogen-bond donors (Lipinski definition) is 1. The summed E-state index contributed by atoms with van der Waals surface area (Å²) in [5.41, 5.74) is 2.01. The van der Waals surface area contributed by atoms with Crippen LogP contribution in [-0.4, -0.2) is 33.4 Å². The fourth-order valence-corrected chi connectivity index (χ4v) is 4.10. The summed E-state index contributed by atoms with van der Waals surface area (Å²) in [4.78, 5) is 12.3. The third kappa shape index (κ3) is 2.55. The maximum Gasteiger partial charge on any atom is 0.188 e. The molecule has 2 aliphatic rings. The van der Waals surface area contributed by atoms with Gasteiger partial charge in [-0.1, -0.05) is 22.9 Å². The molecule has 0 saturated carbocycles. The van der Waals surface area contributed by atoms with Gasteiger partial charge < -0.3 is 10.1 Å². The van der Waals surface area contributed by atoms with Gasteiger partial charge in [-0.15, -0.1) is 5.10 Å². The fourth-order valence-electron chi connectivity index (χ4n) is 3.93. The number of carbonyl (C=O) groups excluding carboxylic acids is 1. The van der Waals surface area contributed by atoms with Crippen molar-refractivity contribution < 1.29 is 9.53 Å². The summed E-state index contributed by atoms with van der Waals surface area (Å²) in [6.45, 7) is 2.22. The summed E-state index contributed by atoms with van der Waals surface area (Å²) in [6, 6.07) is 5.77. The van der Waals surface area contributed by atoms with Crippen molar-refractivity contribution in [3.63, 3.8) is 0 Å². The molecule has 1 aromatic carbocycles. The van der Waals surface area contributed by atoms with Crippen LogP contribution in [0.5, 0.6) is 0 Å². The largest absolute Gasteiger partial charge is 0.362 e. The van der Waals surface area contributed by atoms with Crippen molar-refractivity contribution in [1.29, 1.82) is 0 Å². The van der Waals surface area contributed by atoms with E-state index in [2.05, 4.69) is 22.6 Å². The first kappa shape index (κ1) is 15.7. The summed E-state index contributed by atoms with van der Waals surface area (Å²) in [5.74, 6) is -0.0136. The van der Waals surface area contributed by atoms with E-state index < -0.39 is 5.60 Å². The third-order valence-corrected chi connectivity index (χ3v) is 5.12. The molecular weight excluding hydrogens is 328 g/mol. The van der Waals surface area contributed by atoms with Crippen LogP contribution in [0.2, 0.25) is 5.02 Å². The molecule has 3 heterocycles. The first-order chi connectivity index (χ1) is 11.5. The van der Waals surface area contributed by atoms with Gasteiger partial charge in [0, 0.05) is 36.3 Å². The van der Waals surface area contributed by atoms with E-state index in [9.17, 15) is 4.79 Å². The molecule has 3 atom stereocenters. The molecule has 1 fully saturated rings. The van der Waals surface area contributed by atoms with Crippen molar-refractivity contribution in [2.75, 3.05) is 6.61 Å². The van der Waals surface area contributed by atoms with Gasteiger partial charge in [0.2, 0.25) is 0 Å². The third-order valence-electron chi connectivity index (χ3n) is 4.89. The Balaban J connectivity index is 1.77. The summed E-state index contributed by atoms with van der Waals surface area (Å²) in [7, 11) is 1.85. The molecule has 2 aliphatic heterocycles. The Morgan fingerprint density at radius 2 is 2.25 bits per heavy atom. The summed E-state index contributed by atoms with van der Waals surface area (Å²) in [6.07, 6.45) is 3.42. The number of ketones is 1. The molecule has 0 aliphatic carbocycles. The van der Waals surface area contributed by atoms with E-state index in [-0.39, 0.29) is 24.5 Å². The van der Waals surface area contributed by atoms with Gasteiger partial charge in [-0.2, -0.15) is 0 Å². The average Bonchev–Trinajstić information content (AvgIpc) is 2.97. The number of ether oxygens (including phenoxy) is 1. The van der Waals surface area contributed by atoms with E-state index in [0.29, 0.717) is 17.0 Å². The van der Waals surface area contributed by atoms with E-state index in [0.717, 1.165) is 17.7 Å². The van der Waals surface area contributed by atoms with Crippen LogP contribution in [0, 0.1) is 0 Å². The predicted octanol–water partition coefficient (Wildman–Crippen LogP) is 2.39. The monoisotopic (exact) mass is 346 g/mol. The number of fused-ring (bicyclic) bond motifs is 2. The number of nitrogens with one attached hydrogen (secondary N) is 1. The molecule has 0 amide bonds. The maximum absolute atomic E-state index is 12.3. The number of Topliss-reactive ketones (excluding diaryl/α,β-unsaturated/α-hetero) is 1. The molecule has 0 bridgehead atoms. The van der Waals surface area contributed by atoms with Crippen LogP contribution in [0.4, 0.5) is 0 Å². The number of rotatable bonds is 1. The van der Waals surface area contributed by atoms with Gasteiger partial charge in [0.25, 0.3) is 0 Å². The lowest BCUT2D eigenvalue weighted by Crippen LogP contribution is -2.51. The standard InChI is InChI=1S/C17H19ClN4O2/c1-10-6-17(7-14(19-10)15-8-22(2)21-20-15)13-4-3-11(18)5-12(13)16(23)9-24-17/h3-5,8,10,14,19H,6-7,9H2,1-2H3/t10-,14-,17-/m0/s1. The van der Waals surface area contributed by atoms with Gasteiger partial charge in [0.15, 0.2) is 5.78 Å². The predicted molar refractivity (Wildman–Crippen MR) is 89.0 cm³/mol. The van der Waals surface area contributed by atoms with Gasteiger partial charge in [-0.05, 0) is 31.0 Å². The van der Waals surface area contributed by atoms with Gasteiger partial charge in [0.05, 0.1) is 17.3 Å². The minimum absolute atomic E-state index is 0.0136. The smallest absolute Gasteiger partial charge is 0.188 e. The van der Waals surface area contributed by atoms with Crippen LogP contribution in [0.1, 0.15) is 47.4 Å². The molecule has 2 aromatic rings. The molecule has 6 nitrogen and oxygen atoms in total. The molecule has 24 heavy (non-hydrogen) atoms. The lowest BCUT2D eigenvalue weighted by Gasteiger charge is -2.46. The maximum atomic E-state index is 12.3. The van der Waals surface area contributed by atoms with Crippen LogP contribution in [-0.2, 0) is 17.4 Å². The van der Waals surface area contributed by atoms with Crippen molar-refractivity contribution >= 4 is 17.4 Å². The second-order valence-corrected chi connectivity index (χ2v) is 7.18. The zero-order valence-corrected chi connectivity index (χ0v) is 14.4. The number of halogens is 1. The van der Waals surface area contributed by atoms with Crippen molar-refractivity contribution in [2.24, 2.45) is 7.05 Å². The minimum atomic E-state index is -0.499. The van der Waals surface area contributed by atoms with Crippen molar-refractivity contribution in [2.45, 2.75) is 37.5 Å². The minimum Gasteiger partial charge on any atom is -0.362 e. The molecule has 0 radical (unpaired) electrons. The van der Waals surface area contributed by atoms with E-state index in [4.69, 9.17) is 16.3 Å². The number of hydrogen-bond acceptors (Lipinski definition) is 5. The highest BCUT2D eigenvalue weighted by molar-refractivity contribution is 6.31. The lowest BCUT2D eigenvalue weighted by atomic mass is 9.74. The highest BCUT2D eigenvalue weighted by Crippen LogP contribution is 2.46. The first-order valence-electron chi connectivity index (χ1n) is 8.06. The average molecular weight is 347 g/mol. The molecule has 1 N–H and O–H groups in total. The van der Waals surface area contributed by atoms with Crippen LogP contribution in [0.3, 0.4) is 0 Å². The Morgan fingerprint density at radius 3 is 3.00 bits per heavy atom. The fraction of sp³-hybridized carbons (Fsp3) is 0.471. The van der Waals surface area contributed by atoms with Gasteiger partial charge in [-0.3, -0.25) is 9.48 Å². The molecule has 0 unspecified atom stereocenters. The van der Waals surface area contributed by atoms with Crippen LogP contribution in [0.25, 0.3) is 0 Å². The summed E-state index contributed by atoms with van der Waals surface area (Å²) < 4.78 is 7.82. The Kier molecular flexibility index (Phi) is 3.71. The highest BCUT2D eigenvalue weighted by atomic mass is 35.5. The number of carbonyl (C=O) groups is 1. The van der Waals surface area contributed by atoms with Crippen LogP contribution in [0.15, 0.2) is 24.4 Å². The van der Waals surface area contributed by atoms with Gasteiger partial charge in [0.1, 0.15) is 6.61 Å². The number of aryl methyl sites for hydroxylation is 1. The Bertz CT molecular complexity index is 806. The van der Waals surface area contributed by atoms with Crippen LogP contribution < -0.4 is 5.32 Å². The van der Waals surface area contributed by atoms with Crippen molar-refractivity contribution in [1.82, 2.24) is 20.3 Å². The zero-order chi connectivity index (χ0) is 16.9. The highest BCUT2D eigenvalue weighted by Gasteiger charge is 2.47. The summed E-state index contributed by atoms with van der Waals surface area (Å²) in [5, 5.41) is 12.4. The van der Waals surface area contributed by atoms with Crippen molar-refractivity contribution in [3.8, 4) is 0 Å². The van der Waals surface area contributed by atoms with Crippen LogP contribution >= 0.6 is 11.6 Å². The number of aromatic nitrogens is 3. The number of piperidine rings is 1. The van der Waals surface area contributed by atoms with E-state index in [1.165, 1.54) is 0 Å². The quantitative estimate of drug-likeness (QED) is 0.858. The Labute approximate surface area is 145 Å². The second-order valence-electron chi connectivity index (χ2n) is 6.74. The molecule has 4 rings (SSSR count). The molecule has 7 heteroatoms. The number of nitrogens with zero attached hydrogens (tertiary/aromatic N) is 3. The molecular formula is C17H19ClN4O2. The summed E-state index contributed by atoms with van der Waals surface area (Å²) >= 11 is 6.10.